The van der Waals surface area contributed by atoms with E-state index in [1.54, 1.807) is 6.07 Å². The number of nitrogens with one attached hydrogen (secondary N) is 1. The van der Waals surface area contributed by atoms with Crippen LogP contribution in [0.3, 0.4) is 0 Å². The largest absolute Gasteiger partial charge is 0.464 e. The van der Waals surface area contributed by atoms with E-state index >= 15 is 0 Å². The fourth-order valence-corrected chi connectivity index (χ4v) is 4.48. The molecule has 160 valence electrons. The number of rotatable bonds is 6. The summed E-state index contributed by atoms with van der Waals surface area (Å²) in [6.45, 7) is 4.27. The van der Waals surface area contributed by atoms with Crippen molar-refractivity contribution in [1.82, 2.24) is 9.47 Å². The molecule has 0 saturated carbocycles. The minimum absolute atomic E-state index is 0.0126. The van der Waals surface area contributed by atoms with Gasteiger partial charge in [0.2, 0.25) is 5.91 Å². The zero-order valence-corrected chi connectivity index (χ0v) is 17.5. The Morgan fingerprint density at radius 3 is 2.40 bits per heavy atom. The van der Waals surface area contributed by atoms with Crippen molar-refractivity contribution >= 4 is 23.3 Å². The number of ether oxygens (including phenoxy) is 1. The number of hydrogen-bond acceptors (Lipinski definition) is 5. The van der Waals surface area contributed by atoms with Crippen molar-refractivity contribution in [2.75, 3.05) is 50.1 Å². The molecule has 4 rings (SSSR count). The van der Waals surface area contributed by atoms with Crippen molar-refractivity contribution in [1.29, 1.82) is 0 Å². The molecule has 2 aliphatic heterocycles. The first-order valence-corrected chi connectivity index (χ1v) is 10.8. The van der Waals surface area contributed by atoms with Crippen LogP contribution in [0.15, 0.2) is 42.6 Å². The molecule has 0 atom stereocenters. The highest BCUT2D eigenvalue weighted by atomic mass is 16.5. The Balaban J connectivity index is 1.25. The predicted molar refractivity (Wildman–Crippen MR) is 117 cm³/mol. The van der Waals surface area contributed by atoms with Crippen LogP contribution in [0.5, 0.6) is 0 Å². The normalized spacial score (nSPS) is 17.8. The average Bonchev–Trinajstić information content (AvgIpc) is 3.47. The summed E-state index contributed by atoms with van der Waals surface area (Å²) in [5, 5.41) is 3.01. The van der Waals surface area contributed by atoms with Crippen LogP contribution in [0.25, 0.3) is 0 Å². The molecule has 0 radical (unpaired) electrons. The summed E-state index contributed by atoms with van der Waals surface area (Å²) in [5.74, 6) is -0.295. The number of anilines is 2. The third-order valence-corrected chi connectivity index (χ3v) is 6.11. The molecule has 3 heterocycles. The van der Waals surface area contributed by atoms with Gasteiger partial charge in [-0.3, -0.25) is 9.69 Å². The fourth-order valence-electron chi connectivity index (χ4n) is 4.48. The van der Waals surface area contributed by atoms with E-state index in [9.17, 15) is 9.59 Å². The van der Waals surface area contributed by atoms with Crippen LogP contribution < -0.4 is 10.2 Å². The summed E-state index contributed by atoms with van der Waals surface area (Å²) in [7, 11) is 1.40. The third-order valence-electron chi connectivity index (χ3n) is 6.11. The summed E-state index contributed by atoms with van der Waals surface area (Å²) >= 11 is 0. The van der Waals surface area contributed by atoms with Gasteiger partial charge in [0.15, 0.2) is 0 Å². The van der Waals surface area contributed by atoms with Crippen LogP contribution in [-0.4, -0.2) is 61.2 Å². The minimum Gasteiger partial charge on any atom is -0.464 e. The van der Waals surface area contributed by atoms with Crippen LogP contribution in [0.1, 0.15) is 42.2 Å². The van der Waals surface area contributed by atoms with E-state index in [1.807, 2.05) is 29.0 Å². The molecule has 1 amide bonds. The molecule has 0 bridgehead atoms. The molecule has 2 aliphatic rings. The molecular weight excluding hydrogens is 380 g/mol. The van der Waals surface area contributed by atoms with Gasteiger partial charge in [0, 0.05) is 49.8 Å². The van der Waals surface area contributed by atoms with E-state index in [1.165, 1.54) is 25.6 Å². The lowest BCUT2D eigenvalue weighted by molar-refractivity contribution is -0.117. The highest BCUT2D eigenvalue weighted by Gasteiger charge is 2.24. The molecule has 1 N–H and O–H groups in total. The van der Waals surface area contributed by atoms with Crippen molar-refractivity contribution in [3.05, 3.63) is 48.3 Å². The Kier molecular flexibility index (Phi) is 6.38. The molecule has 0 aliphatic carbocycles. The molecule has 2 fully saturated rings. The number of aromatic nitrogens is 1. The quantitative estimate of drug-likeness (QED) is 0.741. The van der Waals surface area contributed by atoms with Crippen LogP contribution in [0, 0.1) is 0 Å². The maximum Gasteiger partial charge on any atom is 0.354 e. The molecule has 2 saturated heterocycles. The maximum absolute atomic E-state index is 12.5. The molecule has 7 nitrogen and oxygen atoms in total. The Morgan fingerprint density at radius 2 is 1.73 bits per heavy atom. The molecular formula is C23H30N4O3. The standard InChI is InChI=1S/C23H30N4O3/c1-30-23(29)21-5-4-14-27(21)20-10-15-25(16-11-20)17-22(28)24-18-6-8-19(9-7-18)26-12-2-3-13-26/h4-9,14,20H,2-3,10-13,15-17H2,1H3,(H,24,28). The Morgan fingerprint density at radius 1 is 1.03 bits per heavy atom. The van der Waals surface area contributed by atoms with Gasteiger partial charge in [-0.1, -0.05) is 0 Å². The molecule has 1 aromatic carbocycles. The predicted octanol–water partition coefficient (Wildman–Crippen LogP) is 3.15. The van der Waals surface area contributed by atoms with Crippen molar-refractivity contribution in [2.24, 2.45) is 0 Å². The highest BCUT2D eigenvalue weighted by molar-refractivity contribution is 5.92. The van der Waals surface area contributed by atoms with E-state index in [0.717, 1.165) is 44.7 Å². The number of amides is 1. The van der Waals surface area contributed by atoms with E-state index < -0.39 is 0 Å². The number of carbonyl (C=O) groups is 2. The summed E-state index contributed by atoms with van der Waals surface area (Å²) in [6, 6.07) is 12.1. The van der Waals surface area contributed by atoms with Gasteiger partial charge in [0.1, 0.15) is 5.69 Å². The second-order valence-electron chi connectivity index (χ2n) is 8.09. The topological polar surface area (TPSA) is 66.8 Å². The number of methoxy groups -OCH3 is 1. The summed E-state index contributed by atoms with van der Waals surface area (Å²) in [6.07, 6.45) is 6.24. The van der Waals surface area contributed by atoms with E-state index in [2.05, 4.69) is 27.2 Å². The van der Waals surface area contributed by atoms with Crippen LogP contribution in [0.2, 0.25) is 0 Å². The zero-order chi connectivity index (χ0) is 20.9. The Labute approximate surface area is 177 Å². The number of benzene rings is 1. The second kappa shape index (κ2) is 9.34. The van der Waals surface area contributed by atoms with Crippen LogP contribution in [0.4, 0.5) is 11.4 Å². The lowest BCUT2D eigenvalue weighted by Crippen LogP contribution is -2.40. The van der Waals surface area contributed by atoms with Gasteiger partial charge in [-0.2, -0.15) is 0 Å². The van der Waals surface area contributed by atoms with Gasteiger partial charge in [0.05, 0.1) is 13.7 Å². The first-order chi connectivity index (χ1) is 14.6. The first kappa shape index (κ1) is 20.5. The Bertz CT molecular complexity index is 863. The van der Waals surface area contributed by atoms with Gasteiger partial charge < -0.3 is 19.5 Å². The molecule has 0 unspecified atom stereocenters. The number of piperidine rings is 1. The molecule has 7 heteroatoms. The van der Waals surface area contributed by atoms with Gasteiger partial charge >= 0.3 is 5.97 Å². The lowest BCUT2D eigenvalue weighted by Gasteiger charge is -2.32. The SMILES string of the molecule is COC(=O)c1cccn1C1CCN(CC(=O)Nc2ccc(N3CCCC3)cc2)CC1. The number of hydrogen-bond donors (Lipinski definition) is 1. The average molecular weight is 411 g/mol. The molecule has 30 heavy (non-hydrogen) atoms. The second-order valence-corrected chi connectivity index (χ2v) is 8.09. The number of carbonyl (C=O) groups excluding carboxylic acids is 2. The van der Waals surface area contributed by atoms with Crippen molar-refractivity contribution < 1.29 is 14.3 Å². The van der Waals surface area contributed by atoms with Crippen molar-refractivity contribution in [3.63, 3.8) is 0 Å². The number of esters is 1. The summed E-state index contributed by atoms with van der Waals surface area (Å²) < 4.78 is 6.87. The van der Waals surface area contributed by atoms with E-state index in [-0.39, 0.29) is 17.9 Å². The van der Waals surface area contributed by atoms with Crippen molar-refractivity contribution in [3.8, 4) is 0 Å². The van der Waals surface area contributed by atoms with Crippen LogP contribution in [-0.2, 0) is 9.53 Å². The molecule has 1 aromatic heterocycles. The monoisotopic (exact) mass is 410 g/mol. The first-order valence-electron chi connectivity index (χ1n) is 10.8. The summed E-state index contributed by atoms with van der Waals surface area (Å²) in [5.41, 5.74) is 2.66. The van der Waals surface area contributed by atoms with Gasteiger partial charge in [-0.05, 0) is 62.1 Å². The van der Waals surface area contributed by atoms with Gasteiger partial charge in [-0.15, -0.1) is 0 Å². The van der Waals surface area contributed by atoms with E-state index in [4.69, 9.17) is 4.74 Å². The molecule has 2 aromatic rings. The smallest absolute Gasteiger partial charge is 0.354 e. The van der Waals surface area contributed by atoms with Gasteiger partial charge in [0.25, 0.3) is 0 Å². The number of nitrogens with zero attached hydrogens (tertiary/aromatic N) is 3. The third kappa shape index (κ3) is 4.67. The zero-order valence-electron chi connectivity index (χ0n) is 17.5. The highest BCUT2D eigenvalue weighted by Crippen LogP contribution is 2.25. The molecule has 0 spiro atoms. The van der Waals surface area contributed by atoms with Gasteiger partial charge in [-0.25, -0.2) is 4.79 Å². The van der Waals surface area contributed by atoms with Crippen molar-refractivity contribution in [2.45, 2.75) is 31.7 Å². The Hall–Kier alpha value is -2.80. The lowest BCUT2D eigenvalue weighted by atomic mass is 10.0. The number of likely N-dealkylation sites (tertiary alicyclic amines) is 1. The summed E-state index contributed by atoms with van der Waals surface area (Å²) in [4.78, 5) is 28.9. The van der Waals surface area contributed by atoms with E-state index in [0.29, 0.717) is 12.2 Å². The minimum atomic E-state index is -0.308. The fraction of sp³-hybridized carbons (Fsp3) is 0.478. The van der Waals surface area contributed by atoms with Crippen LogP contribution >= 0.6 is 0 Å². The maximum atomic E-state index is 12.5.